The monoisotopic (exact) mass is 425 g/mol. The van der Waals surface area contributed by atoms with Crippen LogP contribution in [0.1, 0.15) is 15.9 Å². The molecule has 0 saturated carbocycles. The molecule has 0 atom stereocenters. The first kappa shape index (κ1) is 17.3. The number of carbonyl (C=O) groups excluding carboxylic acids is 2. The van der Waals surface area contributed by atoms with E-state index in [0.29, 0.717) is 26.3 Å². The average molecular weight is 425 g/mol. The van der Waals surface area contributed by atoms with Crippen molar-refractivity contribution in [1.29, 1.82) is 0 Å². The molecular weight excluding hydrogens is 409 g/mol. The highest BCUT2D eigenvalue weighted by Gasteiger charge is 2.13. The Hall–Kier alpha value is -2.09. The minimum Gasteiger partial charge on any atom is -0.493 e. The van der Waals surface area contributed by atoms with Gasteiger partial charge in [-0.25, -0.2) is 0 Å². The second kappa shape index (κ2) is 7.96. The molecule has 0 unspecified atom stereocenters. The molecule has 0 aliphatic heterocycles. The van der Waals surface area contributed by atoms with Crippen LogP contribution in [0, 0.1) is 10.5 Å². The van der Waals surface area contributed by atoms with E-state index in [2.05, 4.69) is 5.32 Å². The summed E-state index contributed by atoms with van der Waals surface area (Å²) in [5, 5.41) is 2.76. The van der Waals surface area contributed by atoms with Crippen molar-refractivity contribution in [3.8, 4) is 11.5 Å². The summed E-state index contributed by atoms with van der Waals surface area (Å²) in [4.78, 5) is 22.8. The molecule has 1 N–H and O–H groups in total. The maximum absolute atomic E-state index is 12.0. The summed E-state index contributed by atoms with van der Waals surface area (Å²) < 4.78 is 11.5. The number of amides is 1. The van der Waals surface area contributed by atoms with E-state index >= 15 is 0 Å². The smallest absolute Gasteiger partial charge is 0.262 e. The predicted molar refractivity (Wildman–Crippen MR) is 96.4 cm³/mol. The number of anilines is 1. The summed E-state index contributed by atoms with van der Waals surface area (Å²) in [5.74, 6) is 0.589. The van der Waals surface area contributed by atoms with E-state index in [1.165, 1.54) is 7.11 Å². The maximum atomic E-state index is 12.0. The molecule has 0 aromatic heterocycles. The maximum Gasteiger partial charge on any atom is 0.262 e. The van der Waals surface area contributed by atoms with Gasteiger partial charge in [0.2, 0.25) is 0 Å². The van der Waals surface area contributed by atoms with Crippen LogP contribution in [0.5, 0.6) is 11.5 Å². The summed E-state index contributed by atoms with van der Waals surface area (Å²) in [6, 6.07) is 10.7. The van der Waals surface area contributed by atoms with Crippen LogP contribution in [0.4, 0.5) is 5.69 Å². The van der Waals surface area contributed by atoms with Gasteiger partial charge in [-0.05, 0) is 53.8 Å². The molecule has 0 saturated heterocycles. The third-order valence-corrected chi connectivity index (χ3v) is 3.87. The second-order valence-corrected chi connectivity index (χ2v) is 6.02. The predicted octanol–water partition coefficient (Wildman–Crippen LogP) is 3.44. The van der Waals surface area contributed by atoms with Gasteiger partial charge in [-0.3, -0.25) is 9.59 Å². The molecule has 23 heavy (non-hydrogen) atoms. The number of ether oxygens (including phenoxy) is 2. The van der Waals surface area contributed by atoms with Crippen molar-refractivity contribution in [3.63, 3.8) is 0 Å². The Morgan fingerprint density at radius 2 is 1.96 bits per heavy atom. The van der Waals surface area contributed by atoms with Crippen LogP contribution in [-0.2, 0) is 4.79 Å². The molecule has 0 aliphatic carbocycles. The topological polar surface area (TPSA) is 64.6 Å². The van der Waals surface area contributed by atoms with Crippen molar-refractivity contribution in [1.82, 2.24) is 0 Å². The zero-order chi connectivity index (χ0) is 16.8. The first-order chi connectivity index (χ1) is 11.0. The number of rotatable bonds is 6. The van der Waals surface area contributed by atoms with Crippen LogP contribution in [0.25, 0.3) is 0 Å². The van der Waals surface area contributed by atoms with E-state index in [1.807, 2.05) is 53.8 Å². The van der Waals surface area contributed by atoms with Gasteiger partial charge in [0.15, 0.2) is 18.1 Å². The van der Waals surface area contributed by atoms with Crippen molar-refractivity contribution < 1.29 is 19.1 Å². The Morgan fingerprint density at radius 1 is 1.26 bits per heavy atom. The van der Waals surface area contributed by atoms with E-state index in [9.17, 15) is 9.59 Å². The molecule has 2 aromatic rings. The lowest BCUT2D eigenvalue weighted by atomic mass is 10.2. The number of nitrogens with one attached hydrogen (secondary N) is 1. The molecule has 0 radical (unpaired) electrons. The summed E-state index contributed by atoms with van der Waals surface area (Å²) >= 11 is 2.04. The van der Waals surface area contributed by atoms with Gasteiger partial charge in [0.1, 0.15) is 6.29 Å². The summed E-state index contributed by atoms with van der Waals surface area (Å²) in [6.07, 6.45) is 0.735. The van der Waals surface area contributed by atoms with Gasteiger partial charge in [0, 0.05) is 11.3 Å². The van der Waals surface area contributed by atoms with Gasteiger partial charge in [0.25, 0.3) is 5.91 Å². The Labute approximate surface area is 148 Å². The molecule has 0 bridgehead atoms. The second-order valence-electron chi connectivity index (χ2n) is 4.85. The molecule has 0 fully saturated rings. The van der Waals surface area contributed by atoms with Crippen molar-refractivity contribution in [2.75, 3.05) is 19.0 Å². The molecule has 120 valence electrons. The van der Waals surface area contributed by atoms with E-state index in [-0.39, 0.29) is 12.5 Å². The third kappa shape index (κ3) is 4.69. The minimum atomic E-state index is -0.272. The lowest BCUT2D eigenvalue weighted by molar-refractivity contribution is -0.118. The summed E-state index contributed by atoms with van der Waals surface area (Å²) in [7, 11) is 1.49. The quantitative estimate of drug-likeness (QED) is 0.569. The SMILES string of the molecule is COc1cc(C=O)cc(I)c1OCC(=O)Nc1ccc(C)cc1. The highest BCUT2D eigenvalue weighted by atomic mass is 127. The van der Waals surface area contributed by atoms with Gasteiger partial charge in [-0.2, -0.15) is 0 Å². The van der Waals surface area contributed by atoms with Crippen LogP contribution >= 0.6 is 22.6 Å². The summed E-state index contributed by atoms with van der Waals surface area (Å²) in [5.41, 5.74) is 2.32. The van der Waals surface area contributed by atoms with Gasteiger partial charge in [-0.1, -0.05) is 17.7 Å². The van der Waals surface area contributed by atoms with Gasteiger partial charge < -0.3 is 14.8 Å². The molecule has 2 rings (SSSR count). The number of halogens is 1. The Kier molecular flexibility index (Phi) is 5.97. The van der Waals surface area contributed by atoms with E-state index in [0.717, 1.165) is 11.8 Å². The van der Waals surface area contributed by atoms with Crippen molar-refractivity contribution >= 4 is 40.5 Å². The van der Waals surface area contributed by atoms with Crippen LogP contribution in [0.15, 0.2) is 36.4 Å². The normalized spacial score (nSPS) is 10.0. The molecule has 0 heterocycles. The van der Waals surface area contributed by atoms with Crippen molar-refractivity contribution in [2.24, 2.45) is 0 Å². The van der Waals surface area contributed by atoms with E-state index in [1.54, 1.807) is 12.1 Å². The molecule has 6 heteroatoms. The minimum absolute atomic E-state index is 0.152. The number of aryl methyl sites for hydroxylation is 1. The standard InChI is InChI=1S/C17H16INO4/c1-11-3-5-13(6-4-11)19-16(21)10-23-17-14(18)7-12(9-20)8-15(17)22-2/h3-9H,10H2,1-2H3,(H,19,21). The molecule has 5 nitrogen and oxygen atoms in total. The Balaban J connectivity index is 2.04. The third-order valence-electron chi connectivity index (χ3n) is 3.07. The lowest BCUT2D eigenvalue weighted by Crippen LogP contribution is -2.20. The van der Waals surface area contributed by atoms with E-state index < -0.39 is 0 Å². The van der Waals surface area contributed by atoms with E-state index in [4.69, 9.17) is 9.47 Å². The molecule has 2 aromatic carbocycles. The fourth-order valence-corrected chi connectivity index (χ4v) is 2.70. The number of methoxy groups -OCH3 is 1. The Morgan fingerprint density at radius 3 is 2.57 bits per heavy atom. The highest BCUT2D eigenvalue weighted by molar-refractivity contribution is 14.1. The van der Waals surface area contributed by atoms with Gasteiger partial charge in [0.05, 0.1) is 10.7 Å². The number of hydrogen-bond acceptors (Lipinski definition) is 4. The zero-order valence-corrected chi connectivity index (χ0v) is 14.9. The van der Waals surface area contributed by atoms with Crippen molar-refractivity contribution in [3.05, 3.63) is 51.1 Å². The van der Waals surface area contributed by atoms with Crippen LogP contribution in [-0.4, -0.2) is 25.9 Å². The number of benzene rings is 2. The van der Waals surface area contributed by atoms with Crippen LogP contribution < -0.4 is 14.8 Å². The molecule has 0 aliphatic rings. The van der Waals surface area contributed by atoms with Crippen LogP contribution in [0.2, 0.25) is 0 Å². The largest absolute Gasteiger partial charge is 0.493 e. The van der Waals surface area contributed by atoms with Gasteiger partial charge >= 0.3 is 0 Å². The average Bonchev–Trinajstić information content (AvgIpc) is 2.55. The lowest BCUT2D eigenvalue weighted by Gasteiger charge is -2.13. The highest BCUT2D eigenvalue weighted by Crippen LogP contribution is 2.33. The van der Waals surface area contributed by atoms with Crippen LogP contribution in [0.3, 0.4) is 0 Å². The van der Waals surface area contributed by atoms with Gasteiger partial charge in [-0.15, -0.1) is 0 Å². The fraction of sp³-hybridized carbons (Fsp3) is 0.176. The molecule has 0 spiro atoms. The zero-order valence-electron chi connectivity index (χ0n) is 12.8. The molecule has 1 amide bonds. The molecular formula is C17H16INO4. The van der Waals surface area contributed by atoms with Crippen molar-refractivity contribution in [2.45, 2.75) is 6.92 Å². The first-order valence-corrected chi connectivity index (χ1v) is 7.93. The fourth-order valence-electron chi connectivity index (χ4n) is 1.92. The first-order valence-electron chi connectivity index (χ1n) is 6.85. The number of aldehydes is 1. The number of hydrogen-bond donors (Lipinski definition) is 1. The Bertz CT molecular complexity index is 713. The number of carbonyl (C=O) groups is 2. The summed E-state index contributed by atoms with van der Waals surface area (Å²) in [6.45, 7) is 1.83.